The molecule has 0 atom stereocenters. The van der Waals surface area contributed by atoms with Crippen LogP contribution >= 0.6 is 15.9 Å². The Bertz CT molecular complexity index is 822. The molecule has 25 heavy (non-hydrogen) atoms. The number of nitrogens with zero attached hydrogens (tertiary/aromatic N) is 2. The highest BCUT2D eigenvalue weighted by molar-refractivity contribution is 9.10. The van der Waals surface area contributed by atoms with E-state index >= 15 is 0 Å². The predicted octanol–water partition coefficient (Wildman–Crippen LogP) is 1.23. The van der Waals surface area contributed by atoms with Gasteiger partial charge in [-0.2, -0.15) is 0 Å². The van der Waals surface area contributed by atoms with E-state index in [1.807, 2.05) is 24.3 Å². The first-order chi connectivity index (χ1) is 11.8. The third-order valence-corrected chi connectivity index (χ3v) is 3.91. The van der Waals surface area contributed by atoms with Gasteiger partial charge in [0, 0.05) is 10.0 Å². The molecule has 1 aromatic carbocycles. The zero-order valence-corrected chi connectivity index (χ0v) is 15.1. The van der Waals surface area contributed by atoms with Crippen LogP contribution < -0.4 is 11.5 Å². The number of aromatic nitrogens is 1. The molecular weight excluding hydrogens is 388 g/mol. The van der Waals surface area contributed by atoms with E-state index in [4.69, 9.17) is 11.5 Å². The zero-order chi connectivity index (χ0) is 18.6. The van der Waals surface area contributed by atoms with E-state index in [-0.39, 0.29) is 5.56 Å². The van der Waals surface area contributed by atoms with Crippen LogP contribution in [-0.4, -0.2) is 40.7 Å². The third-order valence-electron chi connectivity index (χ3n) is 3.42. The van der Waals surface area contributed by atoms with E-state index in [0.717, 1.165) is 14.9 Å². The van der Waals surface area contributed by atoms with Crippen LogP contribution in [0.5, 0.6) is 0 Å². The van der Waals surface area contributed by atoms with Gasteiger partial charge in [0.05, 0.1) is 17.0 Å². The van der Waals surface area contributed by atoms with Crippen LogP contribution in [-0.2, 0) is 9.59 Å². The molecule has 130 valence electrons. The molecule has 0 aliphatic carbocycles. The van der Waals surface area contributed by atoms with Crippen molar-refractivity contribution in [3.63, 3.8) is 0 Å². The normalized spacial score (nSPS) is 10.3. The maximum Gasteiger partial charge on any atom is 0.256 e. The lowest BCUT2D eigenvalue weighted by molar-refractivity contribution is -0.121. The highest BCUT2D eigenvalue weighted by Crippen LogP contribution is 2.23. The van der Waals surface area contributed by atoms with Crippen molar-refractivity contribution in [3.05, 3.63) is 52.1 Å². The van der Waals surface area contributed by atoms with Crippen molar-refractivity contribution in [2.24, 2.45) is 11.5 Å². The van der Waals surface area contributed by atoms with E-state index < -0.39 is 30.8 Å². The van der Waals surface area contributed by atoms with Crippen molar-refractivity contribution in [3.8, 4) is 11.3 Å². The molecule has 2 rings (SSSR count). The van der Waals surface area contributed by atoms with Gasteiger partial charge in [0.15, 0.2) is 0 Å². The zero-order valence-electron chi connectivity index (χ0n) is 13.5. The van der Waals surface area contributed by atoms with Crippen molar-refractivity contribution < 1.29 is 14.4 Å². The van der Waals surface area contributed by atoms with Crippen LogP contribution in [0, 0.1) is 6.92 Å². The maximum absolute atomic E-state index is 12.6. The number of carbonyl (C=O) groups excluding carboxylic acids is 3. The third kappa shape index (κ3) is 4.87. The van der Waals surface area contributed by atoms with E-state index in [1.54, 1.807) is 19.1 Å². The Kier molecular flexibility index (Phi) is 5.87. The summed E-state index contributed by atoms with van der Waals surface area (Å²) in [5.41, 5.74) is 12.6. The standard InChI is InChI=1S/C17H17BrN4O3/c1-10-13(17(25)22(8-15(19)23)9-16(20)24)5-6-14(21-10)11-3-2-4-12(18)7-11/h2-7H,8-9H2,1H3,(H2,19,23)(H2,20,24). The molecule has 0 aliphatic heterocycles. The van der Waals surface area contributed by atoms with Crippen molar-refractivity contribution in [1.29, 1.82) is 0 Å². The second-order valence-electron chi connectivity index (χ2n) is 5.43. The summed E-state index contributed by atoms with van der Waals surface area (Å²) in [5.74, 6) is -1.99. The lowest BCUT2D eigenvalue weighted by atomic mass is 10.1. The molecule has 0 fully saturated rings. The predicted molar refractivity (Wildman–Crippen MR) is 96.4 cm³/mol. The molecule has 0 bridgehead atoms. The van der Waals surface area contributed by atoms with Crippen LogP contribution in [0.1, 0.15) is 16.1 Å². The number of rotatable bonds is 6. The van der Waals surface area contributed by atoms with Gasteiger partial charge in [-0.3, -0.25) is 19.4 Å². The van der Waals surface area contributed by atoms with E-state index in [1.165, 1.54) is 0 Å². The van der Waals surface area contributed by atoms with Crippen LogP contribution in [0.3, 0.4) is 0 Å². The number of benzene rings is 1. The molecule has 0 unspecified atom stereocenters. The molecule has 0 spiro atoms. The van der Waals surface area contributed by atoms with E-state index in [0.29, 0.717) is 11.4 Å². The lowest BCUT2D eigenvalue weighted by Crippen LogP contribution is -2.43. The van der Waals surface area contributed by atoms with Gasteiger partial charge in [0.25, 0.3) is 5.91 Å². The topological polar surface area (TPSA) is 119 Å². The second kappa shape index (κ2) is 7.89. The first kappa shape index (κ1) is 18.6. The van der Waals surface area contributed by atoms with Gasteiger partial charge in [-0.05, 0) is 31.2 Å². The molecule has 7 nitrogen and oxygen atoms in total. The van der Waals surface area contributed by atoms with Crippen molar-refractivity contribution in [1.82, 2.24) is 9.88 Å². The number of primary amides is 2. The van der Waals surface area contributed by atoms with Gasteiger partial charge >= 0.3 is 0 Å². The molecule has 0 radical (unpaired) electrons. The number of halogens is 1. The Morgan fingerprint density at radius 2 is 1.72 bits per heavy atom. The molecule has 8 heteroatoms. The number of hydrogen-bond acceptors (Lipinski definition) is 4. The molecule has 0 aliphatic rings. The number of carbonyl (C=O) groups is 3. The fourth-order valence-corrected chi connectivity index (χ4v) is 2.74. The average molecular weight is 405 g/mol. The maximum atomic E-state index is 12.6. The summed E-state index contributed by atoms with van der Waals surface area (Å²) in [4.78, 5) is 40.3. The fourth-order valence-electron chi connectivity index (χ4n) is 2.34. The second-order valence-corrected chi connectivity index (χ2v) is 6.35. The summed E-state index contributed by atoms with van der Waals surface area (Å²) in [5, 5.41) is 0. The van der Waals surface area contributed by atoms with Gasteiger partial charge in [0.1, 0.15) is 13.1 Å². The number of nitrogens with two attached hydrogens (primary N) is 2. The van der Waals surface area contributed by atoms with Gasteiger partial charge in [-0.25, -0.2) is 0 Å². The van der Waals surface area contributed by atoms with Crippen LogP contribution in [0.2, 0.25) is 0 Å². The minimum Gasteiger partial charge on any atom is -0.368 e. The Hall–Kier alpha value is -2.74. The van der Waals surface area contributed by atoms with Crippen LogP contribution in [0.25, 0.3) is 11.3 Å². The summed E-state index contributed by atoms with van der Waals surface area (Å²) < 4.78 is 0.915. The number of amides is 3. The summed E-state index contributed by atoms with van der Waals surface area (Å²) in [6, 6.07) is 10.9. The first-order valence-corrected chi connectivity index (χ1v) is 8.16. The quantitative estimate of drug-likeness (QED) is 0.751. The molecule has 3 amide bonds. The monoisotopic (exact) mass is 404 g/mol. The highest BCUT2D eigenvalue weighted by atomic mass is 79.9. The number of aryl methyl sites for hydroxylation is 1. The Morgan fingerprint density at radius 1 is 1.08 bits per heavy atom. The van der Waals surface area contributed by atoms with E-state index in [9.17, 15) is 14.4 Å². The Balaban J connectivity index is 2.33. The fraction of sp³-hybridized carbons (Fsp3) is 0.176. The summed E-state index contributed by atoms with van der Waals surface area (Å²) >= 11 is 3.40. The number of pyridine rings is 1. The van der Waals surface area contributed by atoms with Crippen LogP contribution in [0.15, 0.2) is 40.9 Å². The van der Waals surface area contributed by atoms with Gasteiger partial charge in [0.2, 0.25) is 11.8 Å². The summed E-state index contributed by atoms with van der Waals surface area (Å²) in [7, 11) is 0. The van der Waals surface area contributed by atoms with Crippen molar-refractivity contribution >= 4 is 33.7 Å². The van der Waals surface area contributed by atoms with E-state index in [2.05, 4.69) is 20.9 Å². The Labute approximate surface area is 153 Å². The Morgan fingerprint density at radius 3 is 2.24 bits per heavy atom. The molecular formula is C17H17BrN4O3. The average Bonchev–Trinajstić information content (AvgIpc) is 2.52. The smallest absolute Gasteiger partial charge is 0.256 e. The summed E-state index contributed by atoms with van der Waals surface area (Å²) in [6.45, 7) is 0.893. The van der Waals surface area contributed by atoms with Crippen molar-refractivity contribution in [2.45, 2.75) is 6.92 Å². The largest absolute Gasteiger partial charge is 0.368 e. The molecule has 4 N–H and O–H groups in total. The van der Waals surface area contributed by atoms with Crippen molar-refractivity contribution in [2.75, 3.05) is 13.1 Å². The minimum atomic E-state index is -0.731. The molecule has 2 aromatic rings. The van der Waals surface area contributed by atoms with Gasteiger partial charge in [-0.15, -0.1) is 0 Å². The summed E-state index contributed by atoms with van der Waals surface area (Å²) in [6.07, 6.45) is 0. The molecule has 0 saturated heterocycles. The van der Waals surface area contributed by atoms with Gasteiger partial charge < -0.3 is 16.4 Å². The molecule has 1 heterocycles. The highest BCUT2D eigenvalue weighted by Gasteiger charge is 2.22. The lowest BCUT2D eigenvalue weighted by Gasteiger charge is -2.20. The first-order valence-electron chi connectivity index (χ1n) is 7.37. The molecule has 0 saturated carbocycles. The van der Waals surface area contributed by atoms with Crippen LogP contribution in [0.4, 0.5) is 0 Å². The van der Waals surface area contributed by atoms with Gasteiger partial charge in [-0.1, -0.05) is 28.1 Å². The SMILES string of the molecule is Cc1nc(-c2cccc(Br)c2)ccc1C(=O)N(CC(N)=O)CC(N)=O. The number of hydrogen-bond donors (Lipinski definition) is 2. The molecule has 1 aromatic heterocycles. The minimum absolute atomic E-state index is 0.279.